The molecule has 1 unspecified atom stereocenters. The van der Waals surface area contributed by atoms with Gasteiger partial charge < -0.3 is 9.64 Å². The van der Waals surface area contributed by atoms with E-state index in [0.717, 1.165) is 33.5 Å². The highest BCUT2D eigenvalue weighted by Crippen LogP contribution is 2.32. The molecule has 0 saturated carbocycles. The molecular formula is C20H24BrN3O. The smallest absolute Gasteiger partial charge is 0.228 e. The molecule has 2 aromatic rings. The fourth-order valence-corrected chi connectivity index (χ4v) is 2.58. The van der Waals surface area contributed by atoms with Crippen molar-refractivity contribution in [2.24, 2.45) is 4.99 Å². The van der Waals surface area contributed by atoms with Gasteiger partial charge in [0.25, 0.3) is 0 Å². The number of aryl methyl sites for hydroxylation is 1. The molecule has 1 atom stereocenters. The van der Waals surface area contributed by atoms with Crippen LogP contribution < -0.4 is 4.74 Å². The number of aromatic nitrogens is 1. The van der Waals surface area contributed by atoms with E-state index < -0.39 is 0 Å². The molecule has 0 radical (unpaired) electrons. The maximum atomic E-state index is 6.06. The van der Waals surface area contributed by atoms with E-state index >= 15 is 0 Å². The predicted molar refractivity (Wildman–Crippen MR) is 109 cm³/mol. The van der Waals surface area contributed by atoms with Crippen molar-refractivity contribution in [1.29, 1.82) is 0 Å². The SMILES string of the molecule is C=Cc1cccc(C(C)Oc2nc(C)c(/N=C/N(C)CC)cc2Br)c1. The lowest BCUT2D eigenvalue weighted by Crippen LogP contribution is -2.14. The van der Waals surface area contributed by atoms with Gasteiger partial charge in [-0.15, -0.1) is 0 Å². The summed E-state index contributed by atoms with van der Waals surface area (Å²) < 4.78 is 6.85. The molecule has 0 saturated heterocycles. The lowest BCUT2D eigenvalue weighted by atomic mass is 10.1. The number of hydrogen-bond donors (Lipinski definition) is 0. The topological polar surface area (TPSA) is 37.7 Å². The van der Waals surface area contributed by atoms with Crippen LogP contribution in [0.5, 0.6) is 5.88 Å². The molecule has 1 aromatic heterocycles. The van der Waals surface area contributed by atoms with Crippen LogP contribution in [0.2, 0.25) is 0 Å². The number of rotatable bonds is 7. The van der Waals surface area contributed by atoms with Crippen molar-refractivity contribution in [3.05, 3.63) is 58.2 Å². The van der Waals surface area contributed by atoms with Crippen LogP contribution in [0.4, 0.5) is 5.69 Å². The fraction of sp³-hybridized carbons (Fsp3) is 0.300. The Hall–Kier alpha value is -2.14. The summed E-state index contributed by atoms with van der Waals surface area (Å²) in [6.45, 7) is 10.7. The van der Waals surface area contributed by atoms with Crippen molar-refractivity contribution in [1.82, 2.24) is 9.88 Å². The summed E-state index contributed by atoms with van der Waals surface area (Å²) in [5.74, 6) is 0.566. The number of benzene rings is 1. The molecule has 1 aromatic carbocycles. The minimum Gasteiger partial charge on any atom is -0.469 e. The zero-order valence-electron chi connectivity index (χ0n) is 15.2. The molecule has 0 bridgehead atoms. The fourth-order valence-electron chi connectivity index (χ4n) is 2.18. The Morgan fingerprint density at radius 2 is 2.16 bits per heavy atom. The second-order valence-electron chi connectivity index (χ2n) is 5.83. The summed E-state index contributed by atoms with van der Waals surface area (Å²) in [4.78, 5) is 11.0. The first-order chi connectivity index (χ1) is 11.9. The van der Waals surface area contributed by atoms with E-state index in [1.54, 1.807) is 6.34 Å². The molecule has 4 nitrogen and oxygen atoms in total. The Kier molecular flexibility index (Phi) is 6.76. The quantitative estimate of drug-likeness (QED) is 0.450. The number of hydrogen-bond acceptors (Lipinski definition) is 3. The molecule has 0 aliphatic heterocycles. The Labute approximate surface area is 158 Å². The summed E-state index contributed by atoms with van der Waals surface area (Å²) in [5, 5.41) is 0. The molecule has 0 amide bonds. The van der Waals surface area contributed by atoms with Crippen LogP contribution in [0.25, 0.3) is 6.08 Å². The third-order valence-corrected chi connectivity index (χ3v) is 4.47. The van der Waals surface area contributed by atoms with Crippen molar-refractivity contribution in [3.63, 3.8) is 0 Å². The van der Waals surface area contributed by atoms with Crippen molar-refractivity contribution in [2.45, 2.75) is 26.9 Å². The number of halogens is 1. The third kappa shape index (κ3) is 5.16. The maximum absolute atomic E-state index is 6.06. The molecule has 132 valence electrons. The summed E-state index contributed by atoms with van der Waals surface area (Å²) in [6.07, 6.45) is 3.51. The zero-order chi connectivity index (χ0) is 18.4. The Morgan fingerprint density at radius 3 is 2.84 bits per heavy atom. The molecule has 0 aliphatic rings. The van der Waals surface area contributed by atoms with E-state index in [-0.39, 0.29) is 6.10 Å². The van der Waals surface area contributed by atoms with Crippen LogP contribution in [-0.4, -0.2) is 29.8 Å². The first-order valence-electron chi connectivity index (χ1n) is 8.25. The minimum atomic E-state index is -0.122. The highest BCUT2D eigenvalue weighted by atomic mass is 79.9. The van der Waals surface area contributed by atoms with Crippen LogP contribution in [0, 0.1) is 6.92 Å². The van der Waals surface area contributed by atoms with Crippen LogP contribution in [0.1, 0.15) is 36.8 Å². The average Bonchev–Trinajstić information content (AvgIpc) is 2.62. The van der Waals surface area contributed by atoms with E-state index in [1.807, 2.05) is 56.1 Å². The van der Waals surface area contributed by atoms with Gasteiger partial charge in [0, 0.05) is 13.6 Å². The molecule has 0 fully saturated rings. The van der Waals surface area contributed by atoms with Gasteiger partial charge in [-0.2, -0.15) is 0 Å². The van der Waals surface area contributed by atoms with Crippen LogP contribution in [0.3, 0.4) is 0 Å². The third-order valence-electron chi connectivity index (χ3n) is 3.90. The molecule has 0 spiro atoms. The minimum absolute atomic E-state index is 0.122. The predicted octanol–water partition coefficient (Wildman–Crippen LogP) is 5.55. The first kappa shape index (κ1) is 19.2. The van der Waals surface area contributed by atoms with Gasteiger partial charge in [-0.25, -0.2) is 9.98 Å². The highest BCUT2D eigenvalue weighted by Gasteiger charge is 2.13. The van der Waals surface area contributed by atoms with Gasteiger partial charge >= 0.3 is 0 Å². The number of nitrogens with zero attached hydrogens (tertiary/aromatic N) is 3. The summed E-state index contributed by atoms with van der Waals surface area (Å²) in [6, 6.07) is 10.1. The molecule has 25 heavy (non-hydrogen) atoms. The summed E-state index contributed by atoms with van der Waals surface area (Å²) in [5.41, 5.74) is 3.79. The largest absolute Gasteiger partial charge is 0.469 e. The van der Waals surface area contributed by atoms with Crippen LogP contribution >= 0.6 is 15.9 Å². The Morgan fingerprint density at radius 1 is 1.40 bits per heavy atom. The van der Waals surface area contributed by atoms with Gasteiger partial charge in [-0.1, -0.05) is 30.9 Å². The normalized spacial score (nSPS) is 12.2. The molecule has 0 aliphatic carbocycles. The lowest BCUT2D eigenvalue weighted by Gasteiger charge is -2.17. The van der Waals surface area contributed by atoms with Gasteiger partial charge in [0.1, 0.15) is 6.10 Å². The van der Waals surface area contributed by atoms with Crippen LogP contribution in [0.15, 0.2) is 46.4 Å². The van der Waals surface area contributed by atoms with E-state index in [9.17, 15) is 0 Å². The summed E-state index contributed by atoms with van der Waals surface area (Å²) >= 11 is 3.54. The molecular weight excluding hydrogens is 378 g/mol. The number of pyridine rings is 1. The van der Waals surface area contributed by atoms with Gasteiger partial charge in [0.05, 0.1) is 22.2 Å². The van der Waals surface area contributed by atoms with E-state index in [2.05, 4.69) is 45.5 Å². The highest BCUT2D eigenvalue weighted by molar-refractivity contribution is 9.10. The maximum Gasteiger partial charge on any atom is 0.228 e. The molecule has 2 rings (SSSR count). The van der Waals surface area contributed by atoms with Crippen LogP contribution in [-0.2, 0) is 0 Å². The van der Waals surface area contributed by atoms with E-state index in [4.69, 9.17) is 4.74 Å². The average molecular weight is 402 g/mol. The van der Waals surface area contributed by atoms with Crippen molar-refractivity contribution >= 4 is 34.0 Å². The van der Waals surface area contributed by atoms with Gasteiger partial charge in [0.15, 0.2) is 0 Å². The van der Waals surface area contributed by atoms with Crippen molar-refractivity contribution in [2.75, 3.05) is 13.6 Å². The monoisotopic (exact) mass is 401 g/mol. The summed E-state index contributed by atoms with van der Waals surface area (Å²) in [7, 11) is 1.98. The molecule has 0 N–H and O–H groups in total. The Bertz CT molecular complexity index is 774. The number of aliphatic imine (C=N–C) groups is 1. The van der Waals surface area contributed by atoms with Crippen molar-refractivity contribution < 1.29 is 4.74 Å². The van der Waals surface area contributed by atoms with E-state index in [0.29, 0.717) is 5.88 Å². The number of ether oxygens (including phenoxy) is 1. The Balaban J connectivity index is 2.20. The van der Waals surface area contributed by atoms with Gasteiger partial charge in [-0.3, -0.25) is 0 Å². The molecule has 1 heterocycles. The standard InChI is InChI=1S/C20H24BrN3O/c1-6-16-9-8-10-17(11-16)15(4)25-20-18(21)12-19(14(3)23-20)22-13-24(5)7-2/h6,8-13,15H,1,7H2,2-5H3/b22-13+. The first-order valence-corrected chi connectivity index (χ1v) is 9.04. The lowest BCUT2D eigenvalue weighted by molar-refractivity contribution is 0.215. The molecule has 5 heteroatoms. The van der Waals surface area contributed by atoms with Crippen molar-refractivity contribution in [3.8, 4) is 5.88 Å². The van der Waals surface area contributed by atoms with Gasteiger partial charge in [-0.05, 0) is 60.0 Å². The van der Waals surface area contributed by atoms with Gasteiger partial charge in [0.2, 0.25) is 5.88 Å². The zero-order valence-corrected chi connectivity index (χ0v) is 16.7. The second kappa shape index (κ2) is 8.81. The van der Waals surface area contributed by atoms with E-state index in [1.165, 1.54) is 0 Å². The second-order valence-corrected chi connectivity index (χ2v) is 6.69.